The van der Waals surface area contributed by atoms with Gasteiger partial charge in [0.15, 0.2) is 0 Å². The van der Waals surface area contributed by atoms with E-state index in [2.05, 4.69) is 169 Å². The van der Waals surface area contributed by atoms with Crippen LogP contribution < -0.4 is 4.90 Å². The van der Waals surface area contributed by atoms with Crippen molar-refractivity contribution in [3.05, 3.63) is 188 Å². The van der Waals surface area contributed by atoms with Gasteiger partial charge in [-0.2, -0.15) is 0 Å². The molecule has 0 radical (unpaired) electrons. The maximum absolute atomic E-state index is 6.54. The van der Waals surface area contributed by atoms with Crippen molar-refractivity contribution in [1.29, 1.82) is 0 Å². The van der Waals surface area contributed by atoms with Crippen LogP contribution in [0.15, 0.2) is 201 Å². The Morgan fingerprint density at radius 1 is 0.304 bits per heavy atom. The van der Waals surface area contributed by atoms with E-state index in [1.165, 1.54) is 5.39 Å². The fourth-order valence-electron chi connectivity index (χ4n) is 8.62. The van der Waals surface area contributed by atoms with E-state index in [4.69, 9.17) is 13.3 Å². The number of hydrogen-bond acceptors (Lipinski definition) is 4. The van der Waals surface area contributed by atoms with Crippen molar-refractivity contribution in [2.75, 3.05) is 4.90 Å². The quantitative estimate of drug-likeness (QED) is 0.178. The van der Waals surface area contributed by atoms with Gasteiger partial charge in [0.1, 0.15) is 33.5 Å². The first-order chi connectivity index (χ1) is 27.7. The molecular weight excluding hydrogens is 687 g/mol. The monoisotopic (exact) mass is 717 g/mol. The van der Waals surface area contributed by atoms with E-state index in [1.807, 2.05) is 24.3 Å². The third-order valence-electron chi connectivity index (χ3n) is 11.3. The van der Waals surface area contributed by atoms with Gasteiger partial charge in [-0.05, 0) is 106 Å². The third-order valence-corrected chi connectivity index (χ3v) is 11.3. The van der Waals surface area contributed by atoms with Crippen LogP contribution in [0, 0.1) is 0 Å². The summed E-state index contributed by atoms with van der Waals surface area (Å²) in [4.78, 5) is 2.36. The molecule has 0 aliphatic carbocycles. The second-order valence-corrected chi connectivity index (χ2v) is 14.5. The summed E-state index contributed by atoms with van der Waals surface area (Å²) in [6.07, 6.45) is 0. The van der Waals surface area contributed by atoms with E-state index < -0.39 is 0 Å². The minimum atomic E-state index is 0.862. The molecule has 56 heavy (non-hydrogen) atoms. The highest BCUT2D eigenvalue weighted by Gasteiger charge is 2.22. The van der Waals surface area contributed by atoms with E-state index in [9.17, 15) is 0 Å². The predicted octanol–water partition coefficient (Wildman–Crippen LogP) is 15.3. The number of fused-ring (bicyclic) bond motifs is 10. The van der Waals surface area contributed by atoms with Gasteiger partial charge >= 0.3 is 0 Å². The predicted molar refractivity (Wildman–Crippen MR) is 231 cm³/mol. The highest BCUT2D eigenvalue weighted by Crippen LogP contribution is 2.46. The van der Waals surface area contributed by atoms with E-state index in [0.717, 1.165) is 111 Å². The molecule has 0 bridgehead atoms. The molecular formula is C52H31NO3. The maximum atomic E-state index is 6.54. The summed E-state index contributed by atoms with van der Waals surface area (Å²) in [5, 5.41) is 8.99. The number of furan rings is 3. The Morgan fingerprint density at radius 2 is 0.875 bits per heavy atom. The van der Waals surface area contributed by atoms with E-state index in [-0.39, 0.29) is 0 Å². The molecule has 0 amide bonds. The van der Waals surface area contributed by atoms with E-state index in [1.54, 1.807) is 0 Å². The molecule has 3 heterocycles. The Labute approximate surface area is 321 Å². The number of para-hydroxylation sites is 3. The Balaban J connectivity index is 1.05. The van der Waals surface area contributed by atoms with Crippen molar-refractivity contribution in [3.63, 3.8) is 0 Å². The van der Waals surface area contributed by atoms with Crippen LogP contribution in [0.1, 0.15) is 0 Å². The van der Waals surface area contributed by atoms with Gasteiger partial charge in [-0.25, -0.2) is 0 Å². The Morgan fingerprint density at radius 3 is 1.71 bits per heavy atom. The highest BCUT2D eigenvalue weighted by atomic mass is 16.3. The summed E-state index contributed by atoms with van der Waals surface area (Å²) < 4.78 is 19.1. The molecule has 0 unspecified atom stereocenters. The van der Waals surface area contributed by atoms with Crippen LogP contribution in [0.3, 0.4) is 0 Å². The zero-order valence-corrected chi connectivity index (χ0v) is 30.1. The third kappa shape index (κ3) is 4.73. The molecule has 0 aliphatic heterocycles. The standard InChI is InChI=1S/C52H31NO3/c1-2-11-34-29-51-44(28-33(34)10-1)52-42(15-9-19-49(52)56-51)38-12-3-6-16-45(38)53(37-25-27-48-43(31-37)40-14-5-8-18-47(40)54-48)36-23-20-32(21-24-36)35-22-26-41-39-13-4-7-17-46(39)55-50(41)30-35/h1-31H. The second-order valence-electron chi connectivity index (χ2n) is 14.5. The van der Waals surface area contributed by atoms with Crippen LogP contribution in [0.5, 0.6) is 0 Å². The van der Waals surface area contributed by atoms with Gasteiger partial charge in [-0.15, -0.1) is 0 Å². The van der Waals surface area contributed by atoms with Gasteiger partial charge in [0.2, 0.25) is 0 Å². The van der Waals surface area contributed by atoms with Gasteiger partial charge in [0.05, 0.1) is 5.69 Å². The number of anilines is 3. The first-order valence-corrected chi connectivity index (χ1v) is 18.9. The lowest BCUT2D eigenvalue weighted by molar-refractivity contribution is 0.668. The largest absolute Gasteiger partial charge is 0.456 e. The highest BCUT2D eigenvalue weighted by molar-refractivity contribution is 6.17. The lowest BCUT2D eigenvalue weighted by Crippen LogP contribution is -2.11. The van der Waals surface area contributed by atoms with Gasteiger partial charge in [-0.1, -0.05) is 109 Å². The first-order valence-electron chi connectivity index (χ1n) is 18.9. The van der Waals surface area contributed by atoms with Gasteiger partial charge in [-0.3, -0.25) is 0 Å². The summed E-state index contributed by atoms with van der Waals surface area (Å²) in [6.45, 7) is 0. The number of hydrogen-bond donors (Lipinski definition) is 0. The number of nitrogens with zero attached hydrogens (tertiary/aromatic N) is 1. The lowest BCUT2D eigenvalue weighted by atomic mass is 9.96. The lowest BCUT2D eigenvalue weighted by Gasteiger charge is -2.28. The molecule has 0 saturated carbocycles. The number of rotatable bonds is 5. The zero-order valence-electron chi connectivity index (χ0n) is 30.1. The molecule has 0 saturated heterocycles. The number of benzene rings is 9. The van der Waals surface area contributed by atoms with Crippen LogP contribution in [0.25, 0.3) is 98.8 Å². The summed E-state index contributed by atoms with van der Waals surface area (Å²) in [6, 6.07) is 66.2. The SMILES string of the molecule is c1ccc(N(c2ccc(-c3ccc4c(c3)oc3ccccc34)cc2)c2ccc3oc4ccccc4c3c2)c(-c2cccc3oc4cc5ccccc5cc4c23)c1. The van der Waals surface area contributed by atoms with Crippen LogP contribution >= 0.6 is 0 Å². The fraction of sp³-hybridized carbons (Fsp3) is 0. The first kappa shape index (κ1) is 30.9. The minimum Gasteiger partial charge on any atom is -0.456 e. The van der Waals surface area contributed by atoms with Crippen LogP contribution in [0.2, 0.25) is 0 Å². The molecule has 0 fully saturated rings. The molecule has 9 aromatic carbocycles. The van der Waals surface area contributed by atoms with Crippen LogP contribution in [-0.2, 0) is 0 Å². The molecule has 4 heteroatoms. The van der Waals surface area contributed by atoms with Crippen molar-refractivity contribution in [1.82, 2.24) is 0 Å². The Kier molecular flexibility index (Phi) is 6.60. The second kappa shape index (κ2) is 12.0. The molecule has 0 atom stereocenters. The molecule has 0 spiro atoms. The van der Waals surface area contributed by atoms with Gasteiger partial charge in [0.25, 0.3) is 0 Å². The van der Waals surface area contributed by atoms with Crippen molar-refractivity contribution >= 4 is 93.7 Å². The van der Waals surface area contributed by atoms with E-state index in [0.29, 0.717) is 0 Å². The summed E-state index contributed by atoms with van der Waals surface area (Å²) in [5.74, 6) is 0. The molecule has 12 aromatic rings. The molecule has 0 aliphatic rings. The van der Waals surface area contributed by atoms with Crippen molar-refractivity contribution in [2.24, 2.45) is 0 Å². The van der Waals surface area contributed by atoms with Crippen molar-refractivity contribution in [3.8, 4) is 22.3 Å². The Hall–Kier alpha value is -7.56. The molecule has 3 aromatic heterocycles. The molecule has 4 nitrogen and oxygen atoms in total. The maximum Gasteiger partial charge on any atom is 0.136 e. The molecule has 262 valence electrons. The minimum absolute atomic E-state index is 0.862. The Bertz CT molecular complexity index is 3490. The van der Waals surface area contributed by atoms with Crippen LogP contribution in [0.4, 0.5) is 17.1 Å². The summed E-state index contributed by atoms with van der Waals surface area (Å²) >= 11 is 0. The zero-order chi connectivity index (χ0) is 36.7. The van der Waals surface area contributed by atoms with Gasteiger partial charge in [0, 0.05) is 49.3 Å². The van der Waals surface area contributed by atoms with Gasteiger partial charge < -0.3 is 18.2 Å². The molecule has 0 N–H and O–H groups in total. The average Bonchev–Trinajstić information content (AvgIpc) is 3.94. The summed E-state index contributed by atoms with van der Waals surface area (Å²) in [5.41, 5.74) is 12.8. The molecule has 12 rings (SSSR count). The van der Waals surface area contributed by atoms with Crippen molar-refractivity contribution < 1.29 is 13.3 Å². The average molecular weight is 718 g/mol. The van der Waals surface area contributed by atoms with E-state index >= 15 is 0 Å². The fourth-order valence-corrected chi connectivity index (χ4v) is 8.62. The smallest absolute Gasteiger partial charge is 0.136 e. The normalized spacial score (nSPS) is 11.9. The van der Waals surface area contributed by atoms with Crippen LogP contribution in [-0.4, -0.2) is 0 Å². The topological polar surface area (TPSA) is 42.7 Å². The van der Waals surface area contributed by atoms with Crippen molar-refractivity contribution in [2.45, 2.75) is 0 Å². The summed E-state index contributed by atoms with van der Waals surface area (Å²) in [7, 11) is 0.